The number of likely N-dealkylation sites (tertiary alicyclic amines) is 1. The number of piperidine rings is 1. The average Bonchev–Trinajstić information content (AvgIpc) is 3.60. The van der Waals surface area contributed by atoms with Crippen molar-refractivity contribution >= 4 is 28.0 Å². The molecular formula is C36H37N7O3. The normalized spacial score (nSPS) is 15.5. The Morgan fingerprint density at radius 1 is 0.913 bits per heavy atom. The summed E-state index contributed by atoms with van der Waals surface area (Å²) in [5.41, 5.74) is 7.38. The molecule has 0 saturated carbocycles. The summed E-state index contributed by atoms with van der Waals surface area (Å²) in [7, 11) is 3.67. The van der Waals surface area contributed by atoms with Crippen LogP contribution in [0, 0.1) is 0 Å². The summed E-state index contributed by atoms with van der Waals surface area (Å²) < 4.78 is 10.8. The Morgan fingerprint density at radius 2 is 1.70 bits per heavy atom. The molecule has 10 nitrogen and oxygen atoms in total. The van der Waals surface area contributed by atoms with E-state index in [-0.39, 0.29) is 17.7 Å². The van der Waals surface area contributed by atoms with E-state index < -0.39 is 5.60 Å². The number of fused-ring (bicyclic) bond motifs is 3. The van der Waals surface area contributed by atoms with Gasteiger partial charge in [-0.3, -0.25) is 23.8 Å². The number of nitrogens with zero attached hydrogens (tertiary/aromatic N) is 7. The quantitative estimate of drug-likeness (QED) is 0.226. The first kappa shape index (κ1) is 29.5. The molecule has 46 heavy (non-hydrogen) atoms. The molecule has 0 spiro atoms. The zero-order valence-electron chi connectivity index (χ0n) is 26.8. The minimum Gasteiger partial charge on any atom is -0.444 e. The maximum Gasteiger partial charge on any atom is 0.410 e. The molecule has 1 unspecified atom stereocenters. The van der Waals surface area contributed by atoms with Gasteiger partial charge >= 0.3 is 11.8 Å². The van der Waals surface area contributed by atoms with Crippen LogP contribution in [0.2, 0.25) is 0 Å². The lowest BCUT2D eigenvalue weighted by molar-refractivity contribution is 0.0198. The first-order valence-electron chi connectivity index (χ1n) is 15.6. The van der Waals surface area contributed by atoms with Crippen LogP contribution < -0.4 is 5.69 Å². The molecule has 1 aliphatic rings. The van der Waals surface area contributed by atoms with E-state index in [0.717, 1.165) is 68.4 Å². The highest BCUT2D eigenvalue weighted by Crippen LogP contribution is 2.32. The van der Waals surface area contributed by atoms with E-state index in [1.807, 2.05) is 70.5 Å². The van der Waals surface area contributed by atoms with Crippen molar-refractivity contribution in [2.24, 2.45) is 14.1 Å². The molecule has 1 fully saturated rings. The Hall–Kier alpha value is -5.25. The third-order valence-corrected chi connectivity index (χ3v) is 8.68. The van der Waals surface area contributed by atoms with Crippen molar-refractivity contribution in [2.45, 2.75) is 45.1 Å². The number of hydrogen-bond donors (Lipinski definition) is 0. The van der Waals surface area contributed by atoms with Gasteiger partial charge in [-0.2, -0.15) is 5.10 Å². The summed E-state index contributed by atoms with van der Waals surface area (Å²) in [6.07, 6.45) is 9.01. The predicted molar refractivity (Wildman–Crippen MR) is 179 cm³/mol. The lowest BCUT2D eigenvalue weighted by Gasteiger charge is -2.34. The van der Waals surface area contributed by atoms with Gasteiger partial charge in [0.25, 0.3) is 0 Å². The number of imidazole rings is 1. The fraction of sp³-hybridized carbons (Fsp3) is 0.306. The van der Waals surface area contributed by atoms with E-state index in [9.17, 15) is 9.59 Å². The van der Waals surface area contributed by atoms with Crippen LogP contribution in [0.3, 0.4) is 0 Å². The van der Waals surface area contributed by atoms with Crippen LogP contribution in [0.4, 0.5) is 4.79 Å². The van der Waals surface area contributed by atoms with Crippen molar-refractivity contribution in [1.29, 1.82) is 0 Å². The predicted octanol–water partition coefficient (Wildman–Crippen LogP) is 6.45. The number of pyridine rings is 2. The third kappa shape index (κ3) is 5.44. The Morgan fingerprint density at radius 3 is 2.39 bits per heavy atom. The van der Waals surface area contributed by atoms with Crippen molar-refractivity contribution in [1.82, 2.24) is 33.8 Å². The van der Waals surface area contributed by atoms with Crippen LogP contribution in [-0.2, 0) is 18.8 Å². The van der Waals surface area contributed by atoms with Crippen LogP contribution in [0.15, 0.2) is 84.2 Å². The highest BCUT2D eigenvalue weighted by atomic mass is 16.6. The number of amides is 1. The maximum absolute atomic E-state index is 13.7. The number of aromatic nitrogens is 6. The van der Waals surface area contributed by atoms with Gasteiger partial charge < -0.3 is 9.64 Å². The van der Waals surface area contributed by atoms with Crippen molar-refractivity contribution in [2.75, 3.05) is 13.1 Å². The van der Waals surface area contributed by atoms with Crippen LogP contribution in [0.1, 0.15) is 45.1 Å². The first-order valence-corrected chi connectivity index (χ1v) is 15.6. The Bertz CT molecular complexity index is 2130. The van der Waals surface area contributed by atoms with Gasteiger partial charge in [0.2, 0.25) is 0 Å². The molecule has 0 radical (unpaired) electrons. The fourth-order valence-corrected chi connectivity index (χ4v) is 6.34. The fourth-order valence-electron chi connectivity index (χ4n) is 6.34. The minimum absolute atomic E-state index is 0.140. The highest BCUT2D eigenvalue weighted by molar-refractivity contribution is 6.04. The molecule has 1 amide bonds. The lowest BCUT2D eigenvalue weighted by atomic mass is 9.90. The maximum atomic E-state index is 13.7. The summed E-state index contributed by atoms with van der Waals surface area (Å²) >= 11 is 0. The van der Waals surface area contributed by atoms with E-state index >= 15 is 0 Å². The van der Waals surface area contributed by atoms with E-state index in [1.165, 1.54) is 0 Å². The number of aryl methyl sites for hydroxylation is 2. The monoisotopic (exact) mass is 615 g/mol. The smallest absolute Gasteiger partial charge is 0.410 e. The number of rotatable bonds is 4. The van der Waals surface area contributed by atoms with Crippen LogP contribution in [0.25, 0.3) is 50.0 Å². The van der Waals surface area contributed by atoms with E-state index in [1.54, 1.807) is 38.2 Å². The molecular weight excluding hydrogens is 578 g/mol. The standard InChI is InChI=1S/C36H37N7O3/c1-36(2,3)46-35(45)42-16-6-7-26(22-42)23-8-12-28(13-9-23)43-33-29-17-24(10-15-31(29)38-20-32(33)41(5)34(43)44)25-11-14-30(37-18-25)27-19-39-40(4)21-27/h8-15,17-21,26H,6-7,16,22H2,1-5H3. The summed E-state index contributed by atoms with van der Waals surface area (Å²) in [5, 5.41) is 5.13. The molecule has 0 aliphatic carbocycles. The number of ether oxygens (including phenoxy) is 1. The summed E-state index contributed by atoms with van der Waals surface area (Å²) in [4.78, 5) is 37.6. The third-order valence-electron chi connectivity index (χ3n) is 8.68. The molecule has 7 rings (SSSR count). The number of carbonyl (C=O) groups excluding carboxylic acids is 1. The van der Waals surface area contributed by atoms with Gasteiger partial charge in [0.1, 0.15) is 5.60 Å². The largest absolute Gasteiger partial charge is 0.444 e. The van der Waals surface area contributed by atoms with Gasteiger partial charge in [-0.15, -0.1) is 0 Å². The second kappa shape index (κ2) is 11.3. The van der Waals surface area contributed by atoms with Crippen molar-refractivity contribution in [3.8, 4) is 28.1 Å². The van der Waals surface area contributed by atoms with E-state index in [0.29, 0.717) is 13.1 Å². The van der Waals surface area contributed by atoms with Crippen LogP contribution >= 0.6 is 0 Å². The first-order chi connectivity index (χ1) is 22.1. The van der Waals surface area contributed by atoms with Gasteiger partial charge in [-0.05, 0) is 75.1 Å². The summed E-state index contributed by atoms with van der Waals surface area (Å²) in [6.45, 7) is 6.97. The van der Waals surface area contributed by atoms with Gasteiger partial charge in [0.15, 0.2) is 0 Å². The Kier molecular flexibility index (Phi) is 7.22. The van der Waals surface area contributed by atoms with Gasteiger partial charge in [0, 0.05) is 62.0 Å². The topological polar surface area (TPSA) is 100 Å². The molecule has 0 bridgehead atoms. The molecule has 1 aliphatic heterocycles. The molecule has 0 N–H and O–H groups in total. The molecule has 4 aromatic heterocycles. The van der Waals surface area contributed by atoms with Gasteiger partial charge in [0.05, 0.1) is 40.3 Å². The van der Waals surface area contributed by atoms with Crippen molar-refractivity contribution in [3.05, 3.63) is 95.4 Å². The van der Waals surface area contributed by atoms with Crippen molar-refractivity contribution in [3.63, 3.8) is 0 Å². The zero-order chi connectivity index (χ0) is 32.2. The van der Waals surface area contributed by atoms with E-state index in [2.05, 4.69) is 39.3 Å². The van der Waals surface area contributed by atoms with Gasteiger partial charge in [-0.25, -0.2) is 9.59 Å². The lowest BCUT2D eigenvalue weighted by Crippen LogP contribution is -2.42. The number of carbonyl (C=O) groups is 1. The second-order valence-corrected chi connectivity index (χ2v) is 13.1. The molecule has 234 valence electrons. The molecule has 1 atom stereocenters. The SMILES string of the molecule is Cn1cc(-c2ccc(-c3ccc4ncc5c(c4c3)n(-c3ccc(C4CCCN(C(=O)OC(C)(C)C)C4)cc3)c(=O)n5C)cn2)cn1. The molecule has 10 heteroatoms. The average molecular weight is 616 g/mol. The second-order valence-electron chi connectivity index (χ2n) is 13.1. The Labute approximate surface area is 266 Å². The van der Waals surface area contributed by atoms with Crippen LogP contribution in [-0.4, -0.2) is 58.6 Å². The molecule has 2 aromatic carbocycles. The summed E-state index contributed by atoms with van der Waals surface area (Å²) in [6, 6.07) is 18.3. The van der Waals surface area contributed by atoms with Gasteiger partial charge in [-0.1, -0.05) is 24.3 Å². The minimum atomic E-state index is -0.528. The van der Waals surface area contributed by atoms with Crippen molar-refractivity contribution < 1.29 is 9.53 Å². The highest BCUT2D eigenvalue weighted by Gasteiger charge is 2.28. The van der Waals surface area contributed by atoms with E-state index in [4.69, 9.17) is 4.74 Å². The molecule has 1 saturated heterocycles. The number of benzene rings is 2. The zero-order valence-corrected chi connectivity index (χ0v) is 26.8. The number of hydrogen-bond acceptors (Lipinski definition) is 6. The molecule has 6 aromatic rings. The summed E-state index contributed by atoms with van der Waals surface area (Å²) in [5.74, 6) is 0.199. The molecule has 5 heterocycles. The van der Waals surface area contributed by atoms with Crippen LogP contribution in [0.5, 0.6) is 0 Å². The Balaban J connectivity index is 1.23.